The van der Waals surface area contributed by atoms with Crippen LogP contribution < -0.4 is 10.2 Å². The number of para-hydroxylation sites is 1. The van der Waals surface area contributed by atoms with Gasteiger partial charge in [-0.05, 0) is 26.1 Å². The molecule has 7 heteroatoms. The van der Waals surface area contributed by atoms with E-state index in [1.165, 1.54) is 18.2 Å². The first-order valence-electron chi connectivity index (χ1n) is 7.53. The Morgan fingerprint density at radius 2 is 1.70 bits per heavy atom. The Balaban J connectivity index is 1.86. The van der Waals surface area contributed by atoms with Crippen LogP contribution in [0, 0.1) is 18.6 Å². The number of hydrogen-bond acceptors (Lipinski definition) is 5. The predicted octanol–water partition coefficient (Wildman–Crippen LogP) is 2.56. The lowest BCUT2D eigenvalue weighted by Gasteiger charge is -2.32. The Labute approximate surface area is 134 Å². The first kappa shape index (κ1) is 15.6. The zero-order valence-corrected chi connectivity index (χ0v) is 13.2. The second-order valence-corrected chi connectivity index (χ2v) is 5.71. The molecule has 1 aliphatic heterocycles. The highest BCUT2D eigenvalue weighted by Crippen LogP contribution is 2.24. The van der Waals surface area contributed by atoms with Crippen LogP contribution in [0.5, 0.6) is 0 Å². The van der Waals surface area contributed by atoms with E-state index in [0.29, 0.717) is 11.8 Å². The number of nitrogens with zero attached hydrogens (tertiary/aromatic N) is 4. The number of piperazine rings is 1. The summed E-state index contributed by atoms with van der Waals surface area (Å²) in [5.74, 6) is -0.336. The molecule has 1 aromatic heterocycles. The highest BCUT2D eigenvalue weighted by atomic mass is 19.1. The van der Waals surface area contributed by atoms with Crippen LogP contribution in [0.2, 0.25) is 0 Å². The summed E-state index contributed by atoms with van der Waals surface area (Å²) in [4.78, 5) is 13.2. The van der Waals surface area contributed by atoms with Crippen molar-refractivity contribution >= 4 is 17.5 Å². The SMILES string of the molecule is Cc1cc(Nc2c(F)cccc2F)nc(N2CCN(C)CC2)n1. The molecular weight excluding hydrogens is 300 g/mol. The van der Waals surface area contributed by atoms with Crippen LogP contribution in [0.4, 0.5) is 26.2 Å². The summed E-state index contributed by atoms with van der Waals surface area (Å²) in [5.41, 5.74) is 0.545. The fraction of sp³-hybridized carbons (Fsp3) is 0.375. The van der Waals surface area contributed by atoms with Gasteiger partial charge in [0, 0.05) is 37.9 Å². The largest absolute Gasteiger partial charge is 0.338 e. The summed E-state index contributed by atoms with van der Waals surface area (Å²) in [6.07, 6.45) is 0. The van der Waals surface area contributed by atoms with Crippen molar-refractivity contribution in [2.45, 2.75) is 6.92 Å². The predicted molar refractivity (Wildman–Crippen MR) is 86.1 cm³/mol. The van der Waals surface area contributed by atoms with E-state index in [9.17, 15) is 8.78 Å². The standard InChI is InChI=1S/C16H19F2N5/c1-11-10-14(20-15-12(17)4-3-5-13(15)18)21-16(19-11)23-8-6-22(2)7-9-23/h3-5,10H,6-9H2,1-2H3,(H,19,20,21). The van der Waals surface area contributed by atoms with Gasteiger partial charge in [0.1, 0.15) is 23.1 Å². The van der Waals surface area contributed by atoms with Gasteiger partial charge >= 0.3 is 0 Å². The average Bonchev–Trinajstić information content (AvgIpc) is 2.51. The molecule has 1 saturated heterocycles. The van der Waals surface area contributed by atoms with E-state index in [2.05, 4.69) is 32.1 Å². The van der Waals surface area contributed by atoms with E-state index in [1.54, 1.807) is 6.07 Å². The summed E-state index contributed by atoms with van der Waals surface area (Å²) in [6.45, 7) is 5.36. The van der Waals surface area contributed by atoms with E-state index in [1.807, 2.05) is 6.92 Å². The van der Waals surface area contributed by atoms with Gasteiger partial charge in [-0.2, -0.15) is 4.98 Å². The monoisotopic (exact) mass is 319 g/mol. The summed E-state index contributed by atoms with van der Waals surface area (Å²) in [5, 5.41) is 2.73. The molecule has 3 rings (SSSR count). The van der Waals surface area contributed by atoms with Crippen LogP contribution in [-0.4, -0.2) is 48.1 Å². The summed E-state index contributed by atoms with van der Waals surface area (Å²) >= 11 is 0. The molecule has 0 radical (unpaired) electrons. The minimum absolute atomic E-state index is 0.199. The summed E-state index contributed by atoms with van der Waals surface area (Å²) in [7, 11) is 2.07. The van der Waals surface area contributed by atoms with E-state index in [0.717, 1.165) is 31.9 Å². The highest BCUT2D eigenvalue weighted by molar-refractivity contribution is 5.59. The molecule has 122 valence electrons. The molecule has 0 aliphatic carbocycles. The summed E-state index contributed by atoms with van der Waals surface area (Å²) < 4.78 is 27.5. The molecule has 0 unspecified atom stereocenters. The summed E-state index contributed by atoms with van der Waals surface area (Å²) in [6, 6.07) is 5.42. The lowest BCUT2D eigenvalue weighted by Crippen LogP contribution is -2.45. The van der Waals surface area contributed by atoms with E-state index in [4.69, 9.17) is 0 Å². The van der Waals surface area contributed by atoms with Crippen molar-refractivity contribution in [2.24, 2.45) is 0 Å². The fourth-order valence-electron chi connectivity index (χ4n) is 2.51. The van der Waals surface area contributed by atoms with Crippen molar-refractivity contribution < 1.29 is 8.78 Å². The molecule has 1 fully saturated rings. The number of hydrogen-bond donors (Lipinski definition) is 1. The Bertz CT molecular complexity index is 679. The van der Waals surface area contributed by atoms with Crippen LogP contribution in [0.25, 0.3) is 0 Å². The number of likely N-dealkylation sites (N-methyl/N-ethyl adjacent to an activating group) is 1. The third-order valence-corrected chi connectivity index (χ3v) is 3.84. The van der Waals surface area contributed by atoms with Crippen LogP contribution >= 0.6 is 0 Å². The van der Waals surface area contributed by atoms with Gasteiger partial charge in [-0.3, -0.25) is 0 Å². The van der Waals surface area contributed by atoms with E-state index < -0.39 is 11.6 Å². The van der Waals surface area contributed by atoms with Crippen molar-refractivity contribution in [1.29, 1.82) is 0 Å². The van der Waals surface area contributed by atoms with Crippen LogP contribution in [0.3, 0.4) is 0 Å². The van der Waals surface area contributed by atoms with Crippen LogP contribution in [0.1, 0.15) is 5.69 Å². The molecule has 0 saturated carbocycles. The Hall–Kier alpha value is -2.28. The van der Waals surface area contributed by atoms with E-state index >= 15 is 0 Å². The normalized spacial score (nSPS) is 15.7. The molecule has 2 aromatic rings. The van der Waals surface area contributed by atoms with Gasteiger partial charge in [0.2, 0.25) is 5.95 Å². The Morgan fingerprint density at radius 1 is 1.04 bits per heavy atom. The molecule has 0 bridgehead atoms. The third-order valence-electron chi connectivity index (χ3n) is 3.84. The zero-order valence-electron chi connectivity index (χ0n) is 13.2. The van der Waals surface area contributed by atoms with Gasteiger partial charge in [-0.15, -0.1) is 0 Å². The number of benzene rings is 1. The number of aromatic nitrogens is 2. The highest BCUT2D eigenvalue weighted by Gasteiger charge is 2.18. The average molecular weight is 319 g/mol. The molecule has 1 N–H and O–H groups in total. The van der Waals surface area contributed by atoms with E-state index in [-0.39, 0.29) is 5.69 Å². The molecule has 2 heterocycles. The third kappa shape index (κ3) is 3.56. The van der Waals surface area contributed by atoms with Gasteiger partial charge in [0.25, 0.3) is 0 Å². The quantitative estimate of drug-likeness (QED) is 0.942. The van der Waals surface area contributed by atoms with Crippen molar-refractivity contribution in [3.05, 3.63) is 41.6 Å². The van der Waals surface area contributed by atoms with Crippen molar-refractivity contribution in [3.8, 4) is 0 Å². The lowest BCUT2D eigenvalue weighted by atomic mass is 10.3. The smallest absolute Gasteiger partial charge is 0.227 e. The maximum atomic E-state index is 13.8. The van der Waals surface area contributed by atoms with Gasteiger partial charge in [0.15, 0.2) is 0 Å². The molecule has 0 spiro atoms. The topological polar surface area (TPSA) is 44.3 Å². The molecule has 0 atom stereocenters. The minimum atomic E-state index is -0.651. The minimum Gasteiger partial charge on any atom is -0.338 e. The second kappa shape index (κ2) is 6.45. The van der Waals surface area contributed by atoms with Gasteiger partial charge in [-0.25, -0.2) is 13.8 Å². The Morgan fingerprint density at radius 3 is 2.35 bits per heavy atom. The molecular formula is C16H19F2N5. The van der Waals surface area contributed by atoms with Crippen LogP contribution in [0.15, 0.2) is 24.3 Å². The zero-order chi connectivity index (χ0) is 16.4. The number of aryl methyl sites for hydroxylation is 1. The maximum Gasteiger partial charge on any atom is 0.227 e. The Kier molecular flexibility index (Phi) is 4.38. The van der Waals surface area contributed by atoms with Crippen molar-refractivity contribution in [2.75, 3.05) is 43.4 Å². The number of nitrogens with one attached hydrogen (secondary N) is 1. The van der Waals surface area contributed by atoms with Gasteiger partial charge in [-0.1, -0.05) is 6.07 Å². The van der Waals surface area contributed by atoms with Crippen molar-refractivity contribution in [1.82, 2.24) is 14.9 Å². The molecule has 23 heavy (non-hydrogen) atoms. The molecule has 5 nitrogen and oxygen atoms in total. The van der Waals surface area contributed by atoms with Gasteiger partial charge < -0.3 is 15.1 Å². The number of halogens is 2. The van der Waals surface area contributed by atoms with Gasteiger partial charge in [0.05, 0.1) is 0 Å². The first-order chi connectivity index (χ1) is 11.0. The number of anilines is 3. The van der Waals surface area contributed by atoms with Crippen molar-refractivity contribution in [3.63, 3.8) is 0 Å². The fourth-order valence-corrected chi connectivity index (χ4v) is 2.51. The first-order valence-corrected chi connectivity index (χ1v) is 7.53. The van der Waals surface area contributed by atoms with Crippen LogP contribution in [-0.2, 0) is 0 Å². The second-order valence-electron chi connectivity index (χ2n) is 5.71. The molecule has 1 aromatic carbocycles. The lowest BCUT2D eigenvalue weighted by molar-refractivity contribution is 0.311. The molecule has 1 aliphatic rings. The molecule has 0 amide bonds. The number of rotatable bonds is 3. The maximum absolute atomic E-state index is 13.8.